The number of hydrogen-bond acceptors (Lipinski definition) is 8. The van der Waals surface area contributed by atoms with Gasteiger partial charge in [0.15, 0.2) is 0 Å². The highest BCUT2D eigenvalue weighted by Gasteiger charge is 2.25. The Labute approximate surface area is 148 Å². The van der Waals surface area contributed by atoms with Crippen LogP contribution in [0.3, 0.4) is 0 Å². The van der Waals surface area contributed by atoms with Crippen molar-refractivity contribution in [2.24, 2.45) is 0 Å². The van der Waals surface area contributed by atoms with Crippen molar-refractivity contribution in [3.63, 3.8) is 0 Å². The summed E-state index contributed by atoms with van der Waals surface area (Å²) in [7, 11) is 1.54. The Bertz CT molecular complexity index is 931. The number of aromatic nitrogens is 3. The van der Waals surface area contributed by atoms with Crippen molar-refractivity contribution in [1.29, 1.82) is 0 Å². The monoisotopic (exact) mass is 353 g/mol. The Morgan fingerprint density at radius 1 is 1.04 bits per heavy atom. The van der Waals surface area contributed by atoms with Crippen molar-refractivity contribution < 1.29 is 14.4 Å². The van der Waals surface area contributed by atoms with Crippen LogP contribution >= 0.6 is 0 Å². The van der Waals surface area contributed by atoms with E-state index in [1.54, 1.807) is 43.6 Å². The molecule has 0 bridgehead atoms. The van der Waals surface area contributed by atoms with Gasteiger partial charge in [0.05, 0.1) is 12.0 Å². The average molecular weight is 353 g/mol. The van der Waals surface area contributed by atoms with Gasteiger partial charge in [0.25, 0.3) is 0 Å². The van der Waals surface area contributed by atoms with E-state index in [2.05, 4.69) is 20.3 Å². The summed E-state index contributed by atoms with van der Waals surface area (Å²) in [5, 5.41) is 14.4. The predicted molar refractivity (Wildman–Crippen MR) is 94.0 cm³/mol. The van der Waals surface area contributed by atoms with Crippen LogP contribution in [0.5, 0.6) is 17.4 Å². The van der Waals surface area contributed by atoms with Gasteiger partial charge in [-0.3, -0.25) is 10.1 Å². The molecule has 1 N–H and O–H groups in total. The molecule has 2 heterocycles. The van der Waals surface area contributed by atoms with Crippen molar-refractivity contribution in [2.75, 3.05) is 12.4 Å². The number of nitrogens with one attached hydrogen (secondary N) is 1. The zero-order valence-corrected chi connectivity index (χ0v) is 14.0. The van der Waals surface area contributed by atoms with Crippen molar-refractivity contribution in [3.8, 4) is 17.4 Å². The summed E-state index contributed by atoms with van der Waals surface area (Å²) in [6.45, 7) is 1.83. The SMILES string of the molecule is COc1ccc(Oc2ncnc(Nc3ncccc3C)c2[N+](=O)[O-])cc1. The number of methoxy groups -OCH3 is 1. The summed E-state index contributed by atoms with van der Waals surface area (Å²) in [5.74, 6) is 1.31. The molecule has 0 unspecified atom stereocenters. The van der Waals surface area contributed by atoms with E-state index in [9.17, 15) is 10.1 Å². The first kappa shape index (κ1) is 17.1. The molecule has 9 nitrogen and oxygen atoms in total. The molecule has 9 heteroatoms. The van der Waals surface area contributed by atoms with Crippen LogP contribution in [0.1, 0.15) is 5.56 Å². The van der Waals surface area contributed by atoms with Gasteiger partial charge in [-0.15, -0.1) is 0 Å². The molecule has 0 saturated heterocycles. The van der Waals surface area contributed by atoms with Gasteiger partial charge in [-0.2, -0.15) is 4.98 Å². The van der Waals surface area contributed by atoms with E-state index in [0.717, 1.165) is 5.56 Å². The molecule has 132 valence electrons. The van der Waals surface area contributed by atoms with Crippen molar-refractivity contribution in [1.82, 2.24) is 15.0 Å². The zero-order valence-electron chi connectivity index (χ0n) is 14.0. The third-order valence-corrected chi connectivity index (χ3v) is 3.49. The lowest BCUT2D eigenvalue weighted by atomic mass is 10.3. The molecule has 0 fully saturated rings. The van der Waals surface area contributed by atoms with Crippen LogP contribution < -0.4 is 14.8 Å². The molecule has 26 heavy (non-hydrogen) atoms. The van der Waals surface area contributed by atoms with E-state index < -0.39 is 4.92 Å². The van der Waals surface area contributed by atoms with Crippen LogP contribution in [0.4, 0.5) is 17.3 Å². The molecule has 0 amide bonds. The number of aryl methyl sites for hydroxylation is 1. The third-order valence-electron chi connectivity index (χ3n) is 3.49. The lowest BCUT2D eigenvalue weighted by Gasteiger charge is -2.10. The van der Waals surface area contributed by atoms with Gasteiger partial charge < -0.3 is 14.8 Å². The quantitative estimate of drug-likeness (QED) is 0.528. The lowest BCUT2D eigenvalue weighted by Crippen LogP contribution is -2.05. The van der Waals surface area contributed by atoms with E-state index in [4.69, 9.17) is 9.47 Å². The van der Waals surface area contributed by atoms with E-state index in [0.29, 0.717) is 17.3 Å². The smallest absolute Gasteiger partial charge is 0.373 e. The third kappa shape index (κ3) is 3.66. The fourth-order valence-electron chi connectivity index (χ4n) is 2.18. The van der Waals surface area contributed by atoms with E-state index in [-0.39, 0.29) is 17.4 Å². The second-order valence-corrected chi connectivity index (χ2v) is 5.20. The van der Waals surface area contributed by atoms with E-state index >= 15 is 0 Å². The maximum atomic E-state index is 11.6. The molecule has 0 aliphatic heterocycles. The molecule has 2 aromatic heterocycles. The molecular weight excluding hydrogens is 338 g/mol. The topological polar surface area (TPSA) is 112 Å². The van der Waals surface area contributed by atoms with Gasteiger partial charge in [0.2, 0.25) is 5.82 Å². The van der Waals surface area contributed by atoms with Gasteiger partial charge >= 0.3 is 11.6 Å². The minimum atomic E-state index is -0.598. The van der Waals surface area contributed by atoms with Crippen molar-refractivity contribution >= 4 is 17.3 Å². The molecule has 0 aliphatic rings. The number of anilines is 2. The summed E-state index contributed by atoms with van der Waals surface area (Å²) < 4.78 is 10.6. The fraction of sp³-hybridized carbons (Fsp3) is 0.118. The van der Waals surface area contributed by atoms with Crippen LogP contribution in [-0.2, 0) is 0 Å². The van der Waals surface area contributed by atoms with Crippen LogP contribution in [0, 0.1) is 17.0 Å². The minimum Gasteiger partial charge on any atom is -0.497 e. The first-order valence-electron chi connectivity index (χ1n) is 7.58. The van der Waals surface area contributed by atoms with E-state index in [1.165, 1.54) is 6.33 Å². The van der Waals surface area contributed by atoms with Gasteiger partial charge in [0, 0.05) is 6.20 Å². The normalized spacial score (nSPS) is 10.2. The number of rotatable bonds is 6. The number of hydrogen-bond donors (Lipinski definition) is 1. The largest absolute Gasteiger partial charge is 0.497 e. The Morgan fingerprint density at radius 2 is 1.77 bits per heavy atom. The highest BCUT2D eigenvalue weighted by atomic mass is 16.6. The molecular formula is C17H15N5O4. The van der Waals surface area contributed by atoms with Gasteiger partial charge in [-0.25, -0.2) is 9.97 Å². The van der Waals surface area contributed by atoms with Gasteiger partial charge in [0.1, 0.15) is 23.6 Å². The molecule has 0 radical (unpaired) electrons. The summed E-state index contributed by atoms with van der Waals surface area (Å²) in [6.07, 6.45) is 2.77. The van der Waals surface area contributed by atoms with Crippen LogP contribution in [-0.4, -0.2) is 27.0 Å². The Morgan fingerprint density at radius 3 is 2.42 bits per heavy atom. The maximum absolute atomic E-state index is 11.6. The van der Waals surface area contributed by atoms with Crippen LogP contribution in [0.2, 0.25) is 0 Å². The lowest BCUT2D eigenvalue weighted by molar-refractivity contribution is -0.385. The molecule has 0 spiro atoms. The number of benzene rings is 1. The van der Waals surface area contributed by atoms with Crippen molar-refractivity contribution in [3.05, 3.63) is 64.6 Å². The minimum absolute atomic E-state index is 0.00434. The first-order chi connectivity index (χ1) is 12.6. The summed E-state index contributed by atoms with van der Waals surface area (Å²) >= 11 is 0. The molecule has 3 aromatic rings. The molecule has 3 rings (SSSR count). The summed E-state index contributed by atoms with van der Waals surface area (Å²) in [6, 6.07) is 10.2. The summed E-state index contributed by atoms with van der Waals surface area (Å²) in [5.41, 5.74) is 0.436. The molecule has 0 aliphatic carbocycles. The van der Waals surface area contributed by atoms with Crippen molar-refractivity contribution in [2.45, 2.75) is 6.92 Å². The number of nitrogens with zero attached hydrogens (tertiary/aromatic N) is 4. The number of ether oxygens (including phenoxy) is 2. The van der Waals surface area contributed by atoms with Crippen LogP contribution in [0.25, 0.3) is 0 Å². The molecule has 0 atom stereocenters. The van der Waals surface area contributed by atoms with Gasteiger partial charge in [-0.1, -0.05) is 6.07 Å². The second kappa shape index (κ2) is 7.43. The van der Waals surface area contributed by atoms with Crippen LogP contribution in [0.15, 0.2) is 48.9 Å². The molecule has 1 aromatic carbocycles. The highest BCUT2D eigenvalue weighted by molar-refractivity contribution is 5.68. The number of nitro groups is 1. The highest BCUT2D eigenvalue weighted by Crippen LogP contribution is 2.35. The fourth-order valence-corrected chi connectivity index (χ4v) is 2.18. The number of pyridine rings is 1. The predicted octanol–water partition coefficient (Wildman–Crippen LogP) is 3.63. The maximum Gasteiger partial charge on any atom is 0.373 e. The standard InChI is InChI=1S/C17H15N5O4/c1-11-4-3-9-18-15(11)21-16-14(22(23)24)17(20-10-19-16)26-13-7-5-12(25-2)6-8-13/h3-10H,1-2H3,(H,18,19,20,21). The molecule has 0 saturated carbocycles. The second-order valence-electron chi connectivity index (χ2n) is 5.20. The zero-order chi connectivity index (χ0) is 18.5. The summed E-state index contributed by atoms with van der Waals surface area (Å²) in [4.78, 5) is 23.0. The Balaban J connectivity index is 1.95. The van der Waals surface area contributed by atoms with E-state index in [1.807, 2.05) is 13.0 Å². The first-order valence-corrected chi connectivity index (χ1v) is 7.58. The Hall–Kier alpha value is -3.75. The Kier molecular flexibility index (Phi) is 4.88. The average Bonchev–Trinajstić information content (AvgIpc) is 2.64. The van der Waals surface area contributed by atoms with Gasteiger partial charge in [-0.05, 0) is 42.8 Å².